The molecule has 1 amide bonds. The van der Waals surface area contributed by atoms with Crippen LogP contribution in [0.5, 0.6) is 17.4 Å². The number of carbonyl (C=O) groups is 1. The SMILES string of the molecule is CCOc1ccc(-c2noc(CCC(=O)Nc3ccc(Oc4ccc(C)cc4)nc3)n2)cc1. The molecule has 33 heavy (non-hydrogen) atoms. The van der Waals surface area contributed by atoms with Gasteiger partial charge in [-0.05, 0) is 56.3 Å². The zero-order chi connectivity index (χ0) is 23.0. The van der Waals surface area contributed by atoms with E-state index in [0.717, 1.165) is 16.9 Å². The summed E-state index contributed by atoms with van der Waals surface area (Å²) in [6.07, 6.45) is 2.09. The van der Waals surface area contributed by atoms with E-state index >= 15 is 0 Å². The van der Waals surface area contributed by atoms with Crippen LogP contribution in [-0.4, -0.2) is 27.6 Å². The number of carbonyl (C=O) groups excluding carboxylic acids is 1. The first-order chi connectivity index (χ1) is 16.1. The Kier molecular flexibility index (Phi) is 6.94. The average Bonchev–Trinajstić information content (AvgIpc) is 3.30. The highest BCUT2D eigenvalue weighted by molar-refractivity contribution is 5.90. The van der Waals surface area contributed by atoms with Crippen molar-refractivity contribution in [3.63, 3.8) is 0 Å². The molecule has 8 nitrogen and oxygen atoms in total. The quantitative estimate of drug-likeness (QED) is 0.379. The molecule has 4 rings (SSSR count). The van der Waals surface area contributed by atoms with Gasteiger partial charge in [-0.15, -0.1) is 0 Å². The number of nitrogens with one attached hydrogen (secondary N) is 1. The zero-order valence-corrected chi connectivity index (χ0v) is 18.4. The van der Waals surface area contributed by atoms with Crippen molar-refractivity contribution in [2.75, 3.05) is 11.9 Å². The van der Waals surface area contributed by atoms with Crippen molar-refractivity contribution < 1.29 is 18.8 Å². The lowest BCUT2D eigenvalue weighted by Gasteiger charge is -2.07. The van der Waals surface area contributed by atoms with Crippen molar-refractivity contribution in [2.45, 2.75) is 26.7 Å². The minimum Gasteiger partial charge on any atom is -0.494 e. The monoisotopic (exact) mass is 444 g/mol. The van der Waals surface area contributed by atoms with E-state index in [1.54, 1.807) is 18.3 Å². The van der Waals surface area contributed by atoms with Gasteiger partial charge in [0.15, 0.2) is 0 Å². The van der Waals surface area contributed by atoms with Gasteiger partial charge in [-0.3, -0.25) is 4.79 Å². The van der Waals surface area contributed by atoms with Gasteiger partial charge in [0.25, 0.3) is 0 Å². The van der Waals surface area contributed by atoms with Crippen LogP contribution in [0.15, 0.2) is 71.4 Å². The number of hydrogen-bond donors (Lipinski definition) is 1. The van der Waals surface area contributed by atoms with E-state index in [9.17, 15) is 4.79 Å². The van der Waals surface area contributed by atoms with E-state index in [0.29, 0.717) is 42.1 Å². The molecule has 2 heterocycles. The van der Waals surface area contributed by atoms with Crippen molar-refractivity contribution >= 4 is 11.6 Å². The maximum atomic E-state index is 12.3. The standard InChI is InChI=1S/C25H24N4O4/c1-3-31-20-11-6-18(7-12-20)25-28-24(33-29-25)15-13-22(30)27-19-8-14-23(26-16-19)32-21-9-4-17(2)5-10-21/h4-12,14,16H,3,13,15H2,1-2H3,(H,27,30). The summed E-state index contributed by atoms with van der Waals surface area (Å²) < 4.78 is 16.4. The van der Waals surface area contributed by atoms with Gasteiger partial charge in [0, 0.05) is 24.5 Å². The number of rotatable bonds is 9. The van der Waals surface area contributed by atoms with Crippen LogP contribution >= 0.6 is 0 Å². The molecule has 0 saturated carbocycles. The highest BCUT2D eigenvalue weighted by Crippen LogP contribution is 2.22. The van der Waals surface area contributed by atoms with Crippen LogP contribution in [0.2, 0.25) is 0 Å². The molecule has 0 atom stereocenters. The normalized spacial score (nSPS) is 10.6. The van der Waals surface area contributed by atoms with Gasteiger partial charge in [0.05, 0.1) is 18.5 Å². The first-order valence-corrected chi connectivity index (χ1v) is 10.7. The van der Waals surface area contributed by atoms with E-state index in [2.05, 4.69) is 20.4 Å². The van der Waals surface area contributed by atoms with Crippen LogP contribution in [0.4, 0.5) is 5.69 Å². The summed E-state index contributed by atoms with van der Waals surface area (Å²) in [4.78, 5) is 20.9. The molecule has 1 N–H and O–H groups in total. The van der Waals surface area contributed by atoms with Crippen LogP contribution in [0.25, 0.3) is 11.4 Å². The summed E-state index contributed by atoms with van der Waals surface area (Å²) in [6, 6.07) is 18.6. The third-order valence-corrected chi connectivity index (χ3v) is 4.72. The highest BCUT2D eigenvalue weighted by Gasteiger charge is 2.11. The molecule has 0 fully saturated rings. The Hall–Kier alpha value is -4.20. The fourth-order valence-corrected chi connectivity index (χ4v) is 3.03. The average molecular weight is 444 g/mol. The van der Waals surface area contributed by atoms with Crippen molar-refractivity contribution in [1.82, 2.24) is 15.1 Å². The van der Waals surface area contributed by atoms with E-state index in [-0.39, 0.29) is 12.3 Å². The summed E-state index contributed by atoms with van der Waals surface area (Å²) in [5.41, 5.74) is 2.55. The number of aromatic nitrogens is 3. The lowest BCUT2D eigenvalue weighted by atomic mass is 10.2. The van der Waals surface area contributed by atoms with Crippen molar-refractivity contribution in [2.24, 2.45) is 0 Å². The van der Waals surface area contributed by atoms with Crippen LogP contribution in [0.3, 0.4) is 0 Å². The molecule has 0 aliphatic carbocycles. The van der Waals surface area contributed by atoms with Crippen molar-refractivity contribution in [1.29, 1.82) is 0 Å². The first-order valence-electron chi connectivity index (χ1n) is 10.7. The third-order valence-electron chi connectivity index (χ3n) is 4.72. The molecular weight excluding hydrogens is 420 g/mol. The molecule has 0 aliphatic rings. The lowest BCUT2D eigenvalue weighted by molar-refractivity contribution is -0.116. The molecule has 4 aromatic rings. The summed E-state index contributed by atoms with van der Waals surface area (Å²) in [7, 11) is 0. The summed E-state index contributed by atoms with van der Waals surface area (Å²) >= 11 is 0. The van der Waals surface area contributed by atoms with Gasteiger partial charge in [0.1, 0.15) is 11.5 Å². The maximum Gasteiger partial charge on any atom is 0.227 e. The lowest BCUT2D eigenvalue weighted by Crippen LogP contribution is -2.12. The van der Waals surface area contributed by atoms with Crippen LogP contribution in [-0.2, 0) is 11.2 Å². The zero-order valence-electron chi connectivity index (χ0n) is 18.4. The number of nitrogens with zero attached hydrogens (tertiary/aromatic N) is 3. The number of benzene rings is 2. The molecule has 0 saturated heterocycles. The topological polar surface area (TPSA) is 99.4 Å². The minimum absolute atomic E-state index is 0.176. The van der Waals surface area contributed by atoms with Crippen molar-refractivity contribution in [3.8, 4) is 28.8 Å². The molecule has 0 aliphatic heterocycles. The van der Waals surface area contributed by atoms with Crippen LogP contribution in [0, 0.1) is 6.92 Å². The second-order valence-corrected chi connectivity index (χ2v) is 7.32. The van der Waals surface area contributed by atoms with Crippen LogP contribution < -0.4 is 14.8 Å². The fraction of sp³-hybridized carbons (Fsp3) is 0.200. The highest BCUT2D eigenvalue weighted by atomic mass is 16.5. The number of pyridine rings is 1. The van der Waals surface area contributed by atoms with Gasteiger partial charge in [-0.1, -0.05) is 22.9 Å². The Morgan fingerprint density at radius 3 is 2.45 bits per heavy atom. The fourth-order valence-electron chi connectivity index (χ4n) is 3.03. The second kappa shape index (κ2) is 10.4. The Morgan fingerprint density at radius 1 is 1.00 bits per heavy atom. The number of anilines is 1. The van der Waals surface area contributed by atoms with Gasteiger partial charge < -0.3 is 19.3 Å². The molecule has 0 unspecified atom stereocenters. The molecular formula is C25H24N4O4. The predicted octanol–water partition coefficient (Wildman–Crippen LogP) is 5.20. The van der Waals surface area contributed by atoms with E-state index in [4.69, 9.17) is 14.0 Å². The summed E-state index contributed by atoms with van der Waals surface area (Å²) in [6.45, 7) is 4.55. The predicted molar refractivity (Wildman–Crippen MR) is 123 cm³/mol. The molecule has 2 aromatic carbocycles. The van der Waals surface area contributed by atoms with Gasteiger partial charge >= 0.3 is 0 Å². The molecule has 0 spiro atoms. The number of hydrogen-bond acceptors (Lipinski definition) is 7. The minimum atomic E-state index is -0.176. The smallest absolute Gasteiger partial charge is 0.227 e. The summed E-state index contributed by atoms with van der Waals surface area (Å²) in [5, 5.41) is 6.80. The van der Waals surface area contributed by atoms with Gasteiger partial charge in [0.2, 0.25) is 23.5 Å². The second-order valence-electron chi connectivity index (χ2n) is 7.32. The Bertz CT molecular complexity index is 1190. The molecule has 8 heteroatoms. The molecule has 2 aromatic heterocycles. The molecule has 0 radical (unpaired) electrons. The Balaban J connectivity index is 1.26. The van der Waals surface area contributed by atoms with Crippen LogP contribution in [0.1, 0.15) is 24.8 Å². The molecule has 168 valence electrons. The number of ether oxygens (including phenoxy) is 2. The van der Waals surface area contributed by atoms with Gasteiger partial charge in [-0.25, -0.2) is 4.98 Å². The Morgan fingerprint density at radius 2 is 1.76 bits per heavy atom. The van der Waals surface area contributed by atoms with E-state index in [1.807, 2.05) is 62.4 Å². The number of aryl methyl sites for hydroxylation is 2. The summed E-state index contributed by atoms with van der Waals surface area (Å²) in [5.74, 6) is 2.63. The largest absolute Gasteiger partial charge is 0.494 e. The maximum absolute atomic E-state index is 12.3. The number of amides is 1. The Labute approximate surface area is 191 Å². The van der Waals surface area contributed by atoms with E-state index < -0.39 is 0 Å². The first kappa shape index (κ1) is 22.0. The third kappa shape index (κ3) is 6.16. The van der Waals surface area contributed by atoms with Gasteiger partial charge in [-0.2, -0.15) is 4.98 Å². The molecule has 0 bridgehead atoms. The van der Waals surface area contributed by atoms with Crippen molar-refractivity contribution in [3.05, 3.63) is 78.3 Å². The van der Waals surface area contributed by atoms with E-state index in [1.165, 1.54) is 0 Å².